The predicted molar refractivity (Wildman–Crippen MR) is 166 cm³/mol. The lowest BCUT2D eigenvalue weighted by molar-refractivity contribution is -0.490. The molecule has 0 spiro atoms. The van der Waals surface area contributed by atoms with Crippen molar-refractivity contribution >= 4 is 29.8 Å². The van der Waals surface area contributed by atoms with Crippen LogP contribution in [0, 0.1) is 5.92 Å². The number of hydrogen-bond donors (Lipinski definition) is 3. The molecule has 0 bridgehead atoms. The van der Waals surface area contributed by atoms with E-state index in [4.69, 9.17) is 19.9 Å². The van der Waals surface area contributed by atoms with Gasteiger partial charge < -0.3 is 19.5 Å². The zero-order chi connectivity index (χ0) is 33.5. The summed E-state index contributed by atoms with van der Waals surface area (Å²) in [5, 5.41) is 38.8. The molecule has 0 radical (unpaired) electrons. The van der Waals surface area contributed by atoms with Gasteiger partial charge >= 0.3 is 12.1 Å². The minimum atomic E-state index is -1.02. The lowest BCUT2D eigenvalue weighted by atomic mass is 9.97. The van der Waals surface area contributed by atoms with Crippen molar-refractivity contribution in [2.45, 2.75) is 59.4 Å². The van der Waals surface area contributed by atoms with Crippen LogP contribution in [-0.2, 0) is 37.2 Å². The van der Waals surface area contributed by atoms with Crippen LogP contribution in [-0.4, -0.2) is 94.8 Å². The van der Waals surface area contributed by atoms with E-state index in [1.54, 1.807) is 13.8 Å². The Kier molecular flexibility index (Phi) is 14.8. The summed E-state index contributed by atoms with van der Waals surface area (Å²) in [4.78, 5) is 44.0. The molecule has 46 heavy (non-hydrogen) atoms. The molecule has 1 heterocycles. The fraction of sp³-hybridized carbons (Fsp3) is 0.467. The number of ether oxygens (including phenoxy) is 2. The number of carbonyl (C=O) groups is 3. The van der Waals surface area contributed by atoms with E-state index in [0.717, 1.165) is 27.9 Å². The predicted octanol–water partition coefficient (Wildman–Crippen LogP) is 4.49. The maximum Gasteiger partial charge on any atom is 0.510 e. The lowest BCUT2D eigenvalue weighted by Crippen LogP contribution is -2.47. The van der Waals surface area contributed by atoms with E-state index >= 15 is 0 Å². The van der Waals surface area contributed by atoms with Crippen LogP contribution < -0.4 is 0 Å². The van der Waals surface area contributed by atoms with Gasteiger partial charge in [-0.3, -0.25) is 15.2 Å². The molecular formula is C30H40N6O9S. The van der Waals surface area contributed by atoms with Crippen LogP contribution in [0.1, 0.15) is 45.6 Å². The molecule has 0 unspecified atom stereocenters. The van der Waals surface area contributed by atoms with E-state index < -0.39 is 18.2 Å². The standard InChI is InChI=1S/C30H40N6O9S/c1-4-5-10-26(37)34(27(21(2)3)29(38)39)19-22-11-13-23(14-12-22)24-8-6-7-9-25(24)28-31-33-35(32-28)20-44-30(40)43-15-17-46-18-16-45-36(41)42/h6-9,11-14,21,27,41-42H,4-5,10,15-20H2,1-3H3,(H,38,39)/t27-/m0/s1. The van der Waals surface area contributed by atoms with Crippen LogP contribution in [0.15, 0.2) is 48.5 Å². The Morgan fingerprint density at radius 2 is 1.67 bits per heavy atom. The Bertz CT molecular complexity index is 1400. The van der Waals surface area contributed by atoms with Crippen molar-refractivity contribution in [3.8, 4) is 22.5 Å². The molecule has 0 saturated carbocycles. The summed E-state index contributed by atoms with van der Waals surface area (Å²) >= 11 is 1.38. The number of amides is 1. The van der Waals surface area contributed by atoms with Crippen molar-refractivity contribution in [2.75, 3.05) is 24.7 Å². The molecule has 0 aliphatic rings. The van der Waals surface area contributed by atoms with Crippen molar-refractivity contribution in [1.29, 1.82) is 0 Å². The van der Waals surface area contributed by atoms with Crippen LogP contribution in [0.4, 0.5) is 4.79 Å². The molecule has 0 fully saturated rings. The zero-order valence-electron chi connectivity index (χ0n) is 26.0. The Labute approximate surface area is 270 Å². The monoisotopic (exact) mass is 660 g/mol. The molecule has 3 N–H and O–H groups in total. The van der Waals surface area contributed by atoms with Crippen LogP contribution in [0.25, 0.3) is 22.5 Å². The smallest absolute Gasteiger partial charge is 0.480 e. The van der Waals surface area contributed by atoms with Gasteiger partial charge in [0.2, 0.25) is 18.5 Å². The first-order chi connectivity index (χ1) is 22.1. The van der Waals surface area contributed by atoms with Gasteiger partial charge in [-0.05, 0) is 34.2 Å². The number of benzene rings is 2. The van der Waals surface area contributed by atoms with E-state index in [1.807, 2.05) is 55.5 Å². The quantitative estimate of drug-likeness (QED) is 0.0926. The summed E-state index contributed by atoms with van der Waals surface area (Å²) in [6, 6.07) is 14.1. The number of nitrogens with zero attached hydrogens (tertiary/aromatic N) is 6. The molecule has 0 saturated heterocycles. The SMILES string of the molecule is CCCCC(=O)N(Cc1ccc(-c2ccccc2-c2nnn(COC(=O)OCCSCCON(O)O)n2)cc1)[C@H](C(=O)O)C(C)C. The van der Waals surface area contributed by atoms with Crippen LogP contribution in [0.2, 0.25) is 0 Å². The fourth-order valence-electron chi connectivity index (χ4n) is 4.53. The summed E-state index contributed by atoms with van der Waals surface area (Å²) in [7, 11) is 0. The number of rotatable bonds is 19. The van der Waals surface area contributed by atoms with E-state index in [9.17, 15) is 19.5 Å². The van der Waals surface area contributed by atoms with E-state index in [2.05, 4.69) is 20.2 Å². The first-order valence-electron chi connectivity index (χ1n) is 14.8. The molecule has 1 amide bonds. The van der Waals surface area contributed by atoms with Gasteiger partial charge in [-0.15, -0.1) is 15.0 Å². The first kappa shape index (κ1) is 36.4. The van der Waals surface area contributed by atoms with Crippen molar-refractivity contribution in [3.63, 3.8) is 0 Å². The average Bonchev–Trinajstić information content (AvgIpc) is 3.50. The van der Waals surface area contributed by atoms with Crippen molar-refractivity contribution in [1.82, 2.24) is 30.5 Å². The molecule has 0 aliphatic heterocycles. The topological polar surface area (TPSA) is 190 Å². The number of carboxylic acids is 1. The molecule has 1 atom stereocenters. The highest BCUT2D eigenvalue weighted by atomic mass is 32.2. The van der Waals surface area contributed by atoms with Gasteiger partial charge in [0.25, 0.3) is 0 Å². The second-order valence-corrected chi connectivity index (χ2v) is 11.7. The maximum atomic E-state index is 13.0. The highest BCUT2D eigenvalue weighted by Crippen LogP contribution is 2.30. The minimum absolute atomic E-state index is 0.0738. The number of carboxylic acid groups (broad SMARTS) is 1. The molecule has 1 aromatic heterocycles. The summed E-state index contributed by atoms with van der Waals surface area (Å²) in [5.74, 6) is -0.230. The third kappa shape index (κ3) is 11.4. The summed E-state index contributed by atoms with van der Waals surface area (Å²) in [5.41, 5.74) is 3.17. The van der Waals surface area contributed by atoms with Crippen LogP contribution in [0.5, 0.6) is 0 Å². The Hall–Kier alpha value is -4.09. The molecule has 16 heteroatoms. The minimum Gasteiger partial charge on any atom is -0.480 e. The molecular weight excluding hydrogens is 620 g/mol. The highest BCUT2D eigenvalue weighted by molar-refractivity contribution is 7.99. The molecule has 15 nitrogen and oxygen atoms in total. The number of hydrogen-bond acceptors (Lipinski definition) is 13. The Morgan fingerprint density at radius 3 is 2.33 bits per heavy atom. The van der Waals surface area contributed by atoms with Crippen LogP contribution in [0.3, 0.4) is 0 Å². The molecule has 2 aromatic carbocycles. The van der Waals surface area contributed by atoms with E-state index in [-0.39, 0.29) is 43.7 Å². The normalized spacial score (nSPS) is 11.9. The van der Waals surface area contributed by atoms with Gasteiger partial charge in [0.05, 0.1) is 12.0 Å². The van der Waals surface area contributed by atoms with Gasteiger partial charge in [0.15, 0.2) is 0 Å². The number of unbranched alkanes of at least 4 members (excludes halogenated alkanes) is 1. The van der Waals surface area contributed by atoms with Crippen LogP contribution >= 0.6 is 11.8 Å². The number of aliphatic carboxylic acids is 1. The van der Waals surface area contributed by atoms with Crippen molar-refractivity contribution in [3.05, 3.63) is 54.1 Å². The Balaban J connectivity index is 1.63. The molecule has 3 aromatic rings. The number of aromatic nitrogens is 4. The number of tetrazole rings is 1. The van der Waals surface area contributed by atoms with Gasteiger partial charge in [0, 0.05) is 30.0 Å². The first-order valence-corrected chi connectivity index (χ1v) is 15.9. The number of carbonyl (C=O) groups excluding carboxylic acids is 2. The second kappa shape index (κ2) is 18.8. The Morgan fingerprint density at radius 1 is 0.978 bits per heavy atom. The maximum absolute atomic E-state index is 13.0. The largest absolute Gasteiger partial charge is 0.510 e. The van der Waals surface area contributed by atoms with Crippen molar-refractivity contribution < 1.29 is 44.2 Å². The summed E-state index contributed by atoms with van der Waals surface area (Å²) < 4.78 is 10.0. The lowest BCUT2D eigenvalue weighted by Gasteiger charge is -2.32. The van der Waals surface area contributed by atoms with Gasteiger partial charge in [-0.2, -0.15) is 11.8 Å². The molecule has 0 aliphatic carbocycles. The summed E-state index contributed by atoms with van der Waals surface area (Å²) in [6.07, 6.45) is 0.931. The second-order valence-electron chi connectivity index (χ2n) is 10.5. The van der Waals surface area contributed by atoms with E-state index in [0.29, 0.717) is 35.7 Å². The van der Waals surface area contributed by atoms with Gasteiger partial charge in [0.1, 0.15) is 12.6 Å². The third-order valence-electron chi connectivity index (χ3n) is 6.70. The van der Waals surface area contributed by atoms with Crippen molar-refractivity contribution in [2.24, 2.45) is 5.92 Å². The fourth-order valence-corrected chi connectivity index (χ4v) is 5.13. The van der Waals surface area contributed by atoms with Gasteiger partial charge in [-0.1, -0.05) is 75.7 Å². The van der Waals surface area contributed by atoms with Gasteiger partial charge in [-0.25, -0.2) is 14.4 Å². The van der Waals surface area contributed by atoms with E-state index in [1.165, 1.54) is 16.7 Å². The zero-order valence-corrected chi connectivity index (χ0v) is 26.8. The summed E-state index contributed by atoms with van der Waals surface area (Å²) in [6.45, 7) is 5.62. The highest BCUT2D eigenvalue weighted by Gasteiger charge is 2.32. The average molecular weight is 661 g/mol. The number of thioether (sulfide) groups is 1. The molecule has 3 rings (SSSR count). The molecule has 250 valence electrons. The third-order valence-corrected chi connectivity index (χ3v) is 7.61.